The maximum absolute atomic E-state index is 13.6. The molecule has 0 aromatic heterocycles. The molecule has 1 aliphatic rings. The summed E-state index contributed by atoms with van der Waals surface area (Å²) in [7, 11) is -3.93. The van der Waals surface area contributed by atoms with Crippen molar-refractivity contribution in [1.29, 1.82) is 0 Å². The van der Waals surface area contributed by atoms with E-state index in [0.717, 1.165) is 25.0 Å². The molecule has 0 saturated heterocycles. The molecule has 0 radical (unpaired) electrons. The molecule has 0 spiro atoms. The van der Waals surface area contributed by atoms with Crippen LogP contribution in [0, 0.1) is 5.82 Å². The Morgan fingerprint density at radius 3 is 2.81 bits per heavy atom. The molecule has 0 aliphatic heterocycles. The second-order valence-corrected chi connectivity index (χ2v) is 6.83. The summed E-state index contributed by atoms with van der Waals surface area (Å²) in [5, 5.41) is 3.11. The van der Waals surface area contributed by atoms with Crippen LogP contribution in [0.2, 0.25) is 5.02 Å². The number of benzene rings is 1. The first-order chi connectivity index (χ1) is 9.88. The fraction of sp³-hybridized carbons (Fsp3) is 0.417. The number of nitrogens with zero attached hydrogens (tertiary/aromatic N) is 1. The summed E-state index contributed by atoms with van der Waals surface area (Å²) in [6.07, 6.45) is 2.14. The number of guanidine groups is 1. The van der Waals surface area contributed by atoms with Gasteiger partial charge in [-0.1, -0.05) is 11.6 Å². The molecule has 0 amide bonds. The summed E-state index contributed by atoms with van der Waals surface area (Å²) in [5.74, 6) is -0.609. The van der Waals surface area contributed by atoms with Gasteiger partial charge in [-0.25, -0.2) is 17.5 Å². The number of hydrogen-bond acceptors (Lipinski definition) is 3. The average Bonchev–Trinajstić information content (AvgIpc) is 3.18. The molecule has 1 aromatic rings. The fourth-order valence-corrected chi connectivity index (χ4v) is 2.85. The summed E-state index contributed by atoms with van der Waals surface area (Å²) in [4.78, 5) is 3.53. The van der Waals surface area contributed by atoms with Crippen molar-refractivity contribution in [3.8, 4) is 0 Å². The van der Waals surface area contributed by atoms with Gasteiger partial charge < -0.3 is 11.1 Å². The van der Waals surface area contributed by atoms with Crippen molar-refractivity contribution in [1.82, 2.24) is 10.0 Å². The summed E-state index contributed by atoms with van der Waals surface area (Å²) in [6, 6.07) is 3.76. The molecule has 1 fully saturated rings. The summed E-state index contributed by atoms with van der Waals surface area (Å²) in [5.41, 5.74) is 5.60. The lowest BCUT2D eigenvalue weighted by Gasteiger charge is -2.07. The Balaban J connectivity index is 1.88. The molecule has 116 valence electrons. The van der Waals surface area contributed by atoms with Crippen molar-refractivity contribution in [2.24, 2.45) is 10.7 Å². The van der Waals surface area contributed by atoms with Crippen LogP contribution in [0.5, 0.6) is 0 Å². The number of nitrogens with one attached hydrogen (secondary N) is 2. The quantitative estimate of drug-likeness (QED) is 0.408. The topological polar surface area (TPSA) is 96.6 Å². The number of aliphatic imine (C=N–C) groups is 1. The van der Waals surface area contributed by atoms with Gasteiger partial charge in [0.25, 0.3) is 0 Å². The van der Waals surface area contributed by atoms with Crippen molar-refractivity contribution in [2.45, 2.75) is 23.8 Å². The summed E-state index contributed by atoms with van der Waals surface area (Å²) < 4.78 is 39.6. The van der Waals surface area contributed by atoms with E-state index >= 15 is 0 Å². The van der Waals surface area contributed by atoms with Crippen LogP contribution < -0.4 is 15.8 Å². The van der Waals surface area contributed by atoms with E-state index in [0.29, 0.717) is 6.04 Å². The Morgan fingerprint density at radius 2 is 2.19 bits per heavy atom. The van der Waals surface area contributed by atoms with Crippen LogP contribution in [-0.4, -0.2) is 33.5 Å². The molecule has 9 heteroatoms. The lowest BCUT2D eigenvalue weighted by Crippen LogP contribution is -2.34. The lowest BCUT2D eigenvalue weighted by molar-refractivity contribution is 0.557. The highest BCUT2D eigenvalue weighted by atomic mass is 35.5. The van der Waals surface area contributed by atoms with Crippen LogP contribution in [-0.2, 0) is 10.0 Å². The molecule has 6 nitrogen and oxygen atoms in total. The third-order valence-electron chi connectivity index (χ3n) is 2.80. The van der Waals surface area contributed by atoms with Gasteiger partial charge in [0.2, 0.25) is 10.0 Å². The third-order valence-corrected chi connectivity index (χ3v) is 4.53. The van der Waals surface area contributed by atoms with Crippen molar-refractivity contribution in [2.75, 3.05) is 13.1 Å². The monoisotopic (exact) mass is 334 g/mol. The molecule has 21 heavy (non-hydrogen) atoms. The SMILES string of the molecule is NC(=NCCNS(=O)(=O)c1ccc(Cl)cc1F)NC1CC1. The van der Waals surface area contributed by atoms with Crippen molar-refractivity contribution in [3.05, 3.63) is 29.0 Å². The zero-order valence-corrected chi connectivity index (χ0v) is 12.7. The highest BCUT2D eigenvalue weighted by Gasteiger charge is 2.21. The van der Waals surface area contributed by atoms with Crippen LogP contribution in [0.3, 0.4) is 0 Å². The van der Waals surface area contributed by atoms with Crippen LogP contribution in [0.15, 0.2) is 28.1 Å². The van der Waals surface area contributed by atoms with Gasteiger partial charge in [0, 0.05) is 17.6 Å². The smallest absolute Gasteiger partial charge is 0.243 e. The van der Waals surface area contributed by atoms with Gasteiger partial charge in [-0.2, -0.15) is 0 Å². The lowest BCUT2D eigenvalue weighted by atomic mass is 10.3. The summed E-state index contributed by atoms with van der Waals surface area (Å²) in [6.45, 7) is 0.192. The number of nitrogens with two attached hydrogens (primary N) is 1. The first-order valence-corrected chi connectivity index (χ1v) is 8.26. The van der Waals surface area contributed by atoms with E-state index in [1.54, 1.807) is 0 Å². The highest BCUT2D eigenvalue weighted by Crippen LogP contribution is 2.19. The Labute approximate surface area is 127 Å². The van der Waals surface area contributed by atoms with E-state index in [1.807, 2.05) is 0 Å². The first-order valence-electron chi connectivity index (χ1n) is 6.39. The minimum atomic E-state index is -3.93. The van der Waals surface area contributed by atoms with Crippen LogP contribution in [0.1, 0.15) is 12.8 Å². The maximum Gasteiger partial charge on any atom is 0.243 e. The molecular formula is C12H16ClFN4O2S. The molecule has 0 bridgehead atoms. The number of sulfonamides is 1. The zero-order valence-electron chi connectivity index (χ0n) is 11.1. The van der Waals surface area contributed by atoms with Crippen molar-refractivity contribution in [3.63, 3.8) is 0 Å². The second kappa shape index (κ2) is 6.59. The van der Waals surface area contributed by atoms with Gasteiger partial charge >= 0.3 is 0 Å². The molecule has 2 rings (SSSR count). The van der Waals surface area contributed by atoms with Crippen LogP contribution in [0.4, 0.5) is 4.39 Å². The van der Waals surface area contributed by atoms with E-state index in [-0.39, 0.29) is 24.1 Å². The minimum Gasteiger partial charge on any atom is -0.370 e. The highest BCUT2D eigenvalue weighted by molar-refractivity contribution is 7.89. The predicted octanol–water partition coefficient (Wildman–Crippen LogP) is 0.824. The summed E-state index contributed by atoms with van der Waals surface area (Å²) >= 11 is 5.58. The molecule has 0 atom stereocenters. The van der Waals surface area contributed by atoms with Crippen LogP contribution in [0.25, 0.3) is 0 Å². The molecule has 0 heterocycles. The van der Waals surface area contributed by atoms with Crippen molar-refractivity contribution >= 4 is 27.6 Å². The Bertz CT molecular complexity index is 647. The molecular weight excluding hydrogens is 319 g/mol. The molecule has 1 saturated carbocycles. The number of rotatable bonds is 6. The minimum absolute atomic E-state index is 0.0252. The van der Waals surface area contributed by atoms with Crippen molar-refractivity contribution < 1.29 is 12.8 Å². The second-order valence-electron chi connectivity index (χ2n) is 4.66. The van der Waals surface area contributed by atoms with Gasteiger partial charge in [0.05, 0.1) is 6.54 Å². The average molecular weight is 335 g/mol. The van der Waals surface area contributed by atoms with E-state index < -0.39 is 20.7 Å². The normalized spacial score (nSPS) is 16.0. The number of halogens is 2. The standard InChI is InChI=1S/C12H16ClFN4O2S/c13-8-1-4-11(10(14)7-8)21(19,20)17-6-5-16-12(15)18-9-2-3-9/h1,4,7,9,17H,2-3,5-6H2,(H3,15,16,18). The van der Waals surface area contributed by atoms with E-state index in [1.165, 1.54) is 6.07 Å². The van der Waals surface area contributed by atoms with Gasteiger partial charge in [0.15, 0.2) is 5.96 Å². The van der Waals surface area contributed by atoms with Crippen LogP contribution >= 0.6 is 11.6 Å². The Morgan fingerprint density at radius 1 is 1.48 bits per heavy atom. The third kappa shape index (κ3) is 4.83. The van der Waals surface area contributed by atoms with E-state index in [4.69, 9.17) is 17.3 Å². The first kappa shape index (κ1) is 16.0. The largest absolute Gasteiger partial charge is 0.370 e. The number of hydrogen-bond donors (Lipinski definition) is 3. The maximum atomic E-state index is 13.6. The Kier molecular flexibility index (Phi) is 5.02. The molecule has 0 unspecified atom stereocenters. The Hall–Kier alpha value is -1.38. The van der Waals surface area contributed by atoms with Gasteiger partial charge in [0.1, 0.15) is 10.7 Å². The molecule has 1 aliphatic carbocycles. The van der Waals surface area contributed by atoms with Gasteiger partial charge in [-0.05, 0) is 31.0 Å². The van der Waals surface area contributed by atoms with Gasteiger partial charge in [-0.15, -0.1) is 0 Å². The molecule has 4 N–H and O–H groups in total. The predicted molar refractivity (Wildman–Crippen MR) is 79.2 cm³/mol. The fourth-order valence-electron chi connectivity index (χ4n) is 1.61. The van der Waals surface area contributed by atoms with E-state index in [9.17, 15) is 12.8 Å². The van der Waals surface area contributed by atoms with Gasteiger partial charge in [-0.3, -0.25) is 4.99 Å². The van der Waals surface area contributed by atoms with E-state index in [2.05, 4.69) is 15.0 Å². The zero-order chi connectivity index (χ0) is 15.5. The molecule has 1 aromatic carbocycles.